The predicted molar refractivity (Wildman–Crippen MR) is 82.9 cm³/mol. The highest BCUT2D eigenvalue weighted by Gasteiger charge is 2.34. The third-order valence-electron chi connectivity index (χ3n) is 3.47. The maximum absolute atomic E-state index is 12.0. The van der Waals surface area contributed by atoms with Crippen LogP contribution >= 0.6 is 0 Å². The van der Waals surface area contributed by atoms with Gasteiger partial charge in [-0.15, -0.1) is 0 Å². The number of esters is 1. The molecule has 2 rings (SSSR count). The van der Waals surface area contributed by atoms with Crippen LogP contribution in [0.1, 0.15) is 32.3 Å². The normalized spacial score (nSPS) is 14.2. The van der Waals surface area contributed by atoms with Crippen molar-refractivity contribution in [1.29, 1.82) is 0 Å². The number of benzene rings is 1. The molecule has 1 amide bonds. The number of carbonyl (C=O) groups is 2. The lowest BCUT2D eigenvalue weighted by molar-refractivity contribution is -0.149. The molecule has 0 saturated heterocycles. The molecule has 0 aromatic heterocycles. The van der Waals surface area contributed by atoms with Crippen LogP contribution < -0.4 is 14.8 Å². The summed E-state index contributed by atoms with van der Waals surface area (Å²) in [5.41, 5.74) is -0.455. The minimum Gasteiger partial charge on any atom is -0.467 e. The van der Waals surface area contributed by atoms with E-state index in [0.29, 0.717) is 23.5 Å². The predicted octanol–water partition coefficient (Wildman–Crippen LogP) is 1.61. The number of rotatable bonds is 4. The zero-order chi connectivity index (χ0) is 16.9. The van der Waals surface area contributed by atoms with Gasteiger partial charge in [-0.2, -0.15) is 0 Å². The van der Waals surface area contributed by atoms with Crippen molar-refractivity contribution in [3.8, 4) is 23.3 Å². The minimum absolute atomic E-state index is 0.182. The molecule has 0 saturated carbocycles. The molecule has 1 N–H and O–H groups in total. The summed E-state index contributed by atoms with van der Waals surface area (Å²) in [5.74, 6) is 5.45. The second-order valence-corrected chi connectivity index (χ2v) is 5.35. The number of nitrogens with one attached hydrogen (secondary N) is 1. The van der Waals surface area contributed by atoms with Gasteiger partial charge >= 0.3 is 5.97 Å². The summed E-state index contributed by atoms with van der Waals surface area (Å²) in [4.78, 5) is 23.9. The molecule has 122 valence electrons. The lowest BCUT2D eigenvalue weighted by Crippen LogP contribution is -2.52. The van der Waals surface area contributed by atoms with Crippen LogP contribution in [-0.2, 0) is 14.3 Å². The summed E-state index contributed by atoms with van der Waals surface area (Å²) in [6.07, 6.45) is 1.19. The highest BCUT2D eigenvalue weighted by atomic mass is 16.7. The minimum atomic E-state index is -1.08. The van der Waals surface area contributed by atoms with E-state index in [0.717, 1.165) is 6.42 Å². The van der Waals surface area contributed by atoms with E-state index < -0.39 is 17.4 Å². The average Bonchev–Trinajstić information content (AvgIpc) is 2.99. The van der Waals surface area contributed by atoms with Crippen LogP contribution in [0, 0.1) is 11.8 Å². The van der Waals surface area contributed by atoms with Crippen molar-refractivity contribution in [3.05, 3.63) is 23.8 Å². The largest absolute Gasteiger partial charge is 0.467 e. The molecule has 6 nitrogen and oxygen atoms in total. The Kier molecular flexibility index (Phi) is 5.12. The Labute approximate surface area is 135 Å². The lowest BCUT2D eigenvalue weighted by Gasteiger charge is -2.26. The first kappa shape index (κ1) is 16.7. The highest BCUT2D eigenvalue weighted by molar-refractivity contribution is 5.98. The zero-order valence-electron chi connectivity index (χ0n) is 13.4. The van der Waals surface area contributed by atoms with Gasteiger partial charge in [0.25, 0.3) is 5.91 Å². The maximum atomic E-state index is 12.0. The van der Waals surface area contributed by atoms with E-state index in [4.69, 9.17) is 14.2 Å². The van der Waals surface area contributed by atoms with Gasteiger partial charge in [-0.05, 0) is 31.5 Å². The van der Waals surface area contributed by atoms with Crippen molar-refractivity contribution >= 4 is 11.9 Å². The molecule has 1 aliphatic rings. The van der Waals surface area contributed by atoms with E-state index >= 15 is 0 Å². The summed E-state index contributed by atoms with van der Waals surface area (Å²) in [6, 6.07) is 5.17. The number of hydrogen-bond acceptors (Lipinski definition) is 5. The van der Waals surface area contributed by atoms with E-state index in [9.17, 15) is 9.59 Å². The fourth-order valence-corrected chi connectivity index (χ4v) is 2.33. The molecule has 1 heterocycles. The Morgan fingerprint density at radius 2 is 2.09 bits per heavy atom. The standard InChI is InChI=1S/C17H19NO5/c1-4-9-17(2,16(20)21-3)18-15(19)8-6-12-5-7-13-14(10-12)23-11-22-13/h5,7,10H,4,9,11H2,1-3H3,(H,18,19)/t17-/m0/s1. The number of carbonyl (C=O) groups excluding carboxylic acids is 2. The second kappa shape index (κ2) is 7.05. The molecule has 1 aliphatic heterocycles. The molecule has 1 aromatic carbocycles. The molecular formula is C17H19NO5. The van der Waals surface area contributed by atoms with Gasteiger partial charge in [0.1, 0.15) is 5.54 Å². The van der Waals surface area contributed by atoms with Gasteiger partial charge in [-0.3, -0.25) is 4.79 Å². The lowest BCUT2D eigenvalue weighted by atomic mass is 9.96. The van der Waals surface area contributed by atoms with E-state index in [1.54, 1.807) is 25.1 Å². The van der Waals surface area contributed by atoms with Crippen molar-refractivity contribution in [3.63, 3.8) is 0 Å². The number of hydrogen-bond donors (Lipinski definition) is 1. The van der Waals surface area contributed by atoms with Crippen molar-refractivity contribution in [2.75, 3.05) is 13.9 Å². The Bertz CT molecular complexity index is 673. The third kappa shape index (κ3) is 3.95. The number of ether oxygens (including phenoxy) is 3. The molecule has 0 fully saturated rings. The maximum Gasteiger partial charge on any atom is 0.331 e. The highest BCUT2D eigenvalue weighted by Crippen LogP contribution is 2.32. The van der Waals surface area contributed by atoms with Gasteiger partial charge in [0.05, 0.1) is 7.11 Å². The first-order valence-corrected chi connectivity index (χ1v) is 7.30. The van der Waals surface area contributed by atoms with E-state index in [1.165, 1.54) is 7.11 Å². The molecular weight excluding hydrogens is 298 g/mol. The Hall–Kier alpha value is -2.68. The summed E-state index contributed by atoms with van der Waals surface area (Å²) in [7, 11) is 1.29. The van der Waals surface area contributed by atoms with Gasteiger partial charge in [-0.1, -0.05) is 19.3 Å². The van der Waals surface area contributed by atoms with Crippen molar-refractivity contribution in [2.24, 2.45) is 0 Å². The molecule has 1 atom stereocenters. The van der Waals surface area contributed by atoms with E-state index in [-0.39, 0.29) is 6.79 Å². The molecule has 0 bridgehead atoms. The van der Waals surface area contributed by atoms with Crippen molar-refractivity contribution < 1.29 is 23.8 Å². The monoisotopic (exact) mass is 317 g/mol. The van der Waals surface area contributed by atoms with Gasteiger partial charge in [0, 0.05) is 11.5 Å². The van der Waals surface area contributed by atoms with Gasteiger partial charge < -0.3 is 19.5 Å². The summed E-state index contributed by atoms with van der Waals surface area (Å²) in [6.45, 7) is 3.73. The number of amides is 1. The first-order valence-electron chi connectivity index (χ1n) is 7.30. The third-order valence-corrected chi connectivity index (χ3v) is 3.47. The molecule has 0 aliphatic carbocycles. The van der Waals surface area contributed by atoms with Crippen LogP contribution in [-0.4, -0.2) is 31.3 Å². The summed E-state index contributed by atoms with van der Waals surface area (Å²) < 4.78 is 15.2. The van der Waals surface area contributed by atoms with Crippen LogP contribution in [0.5, 0.6) is 11.5 Å². The first-order chi connectivity index (χ1) is 11.0. The second-order valence-electron chi connectivity index (χ2n) is 5.35. The van der Waals surface area contributed by atoms with Crippen molar-refractivity contribution in [2.45, 2.75) is 32.2 Å². The molecule has 0 spiro atoms. The van der Waals surface area contributed by atoms with Crippen LogP contribution in [0.15, 0.2) is 18.2 Å². The fourth-order valence-electron chi connectivity index (χ4n) is 2.33. The molecule has 1 aromatic rings. The van der Waals surface area contributed by atoms with Crippen LogP contribution in [0.3, 0.4) is 0 Å². The van der Waals surface area contributed by atoms with Crippen LogP contribution in [0.2, 0.25) is 0 Å². The summed E-state index contributed by atoms with van der Waals surface area (Å²) >= 11 is 0. The SMILES string of the molecule is CCC[C@](C)(NC(=O)C#Cc1ccc2c(c1)OCO2)C(=O)OC. The van der Waals surface area contributed by atoms with Crippen molar-refractivity contribution in [1.82, 2.24) is 5.32 Å². The Morgan fingerprint density at radius 1 is 1.35 bits per heavy atom. The molecule has 6 heteroatoms. The number of methoxy groups -OCH3 is 1. The zero-order valence-corrected chi connectivity index (χ0v) is 13.4. The fraction of sp³-hybridized carbons (Fsp3) is 0.412. The molecule has 0 unspecified atom stereocenters. The van der Waals surface area contributed by atoms with Gasteiger partial charge in [0.2, 0.25) is 6.79 Å². The van der Waals surface area contributed by atoms with Crippen LogP contribution in [0.25, 0.3) is 0 Å². The quantitative estimate of drug-likeness (QED) is 0.675. The topological polar surface area (TPSA) is 73.9 Å². The average molecular weight is 317 g/mol. The molecule has 0 radical (unpaired) electrons. The Morgan fingerprint density at radius 3 is 2.78 bits per heavy atom. The number of fused-ring (bicyclic) bond motifs is 1. The van der Waals surface area contributed by atoms with E-state index in [1.807, 2.05) is 6.92 Å². The Balaban J connectivity index is 2.08. The molecule has 23 heavy (non-hydrogen) atoms. The summed E-state index contributed by atoms with van der Waals surface area (Å²) in [5, 5.41) is 2.62. The van der Waals surface area contributed by atoms with Gasteiger partial charge in [0.15, 0.2) is 11.5 Å². The van der Waals surface area contributed by atoms with Crippen LogP contribution in [0.4, 0.5) is 0 Å². The van der Waals surface area contributed by atoms with Gasteiger partial charge in [-0.25, -0.2) is 4.79 Å². The smallest absolute Gasteiger partial charge is 0.331 e. The van der Waals surface area contributed by atoms with E-state index in [2.05, 4.69) is 17.2 Å².